The standard InChI is InChI=1S/C16H27NO3/c1-12(10-19-4)8-17-9-15(18)11-20-16-13(2)6-5-7-14(16)3/h5-7,12,15,17-18H,8-11H2,1-4H3. The highest BCUT2D eigenvalue weighted by Gasteiger charge is 2.09. The summed E-state index contributed by atoms with van der Waals surface area (Å²) in [5.41, 5.74) is 2.19. The largest absolute Gasteiger partial charge is 0.490 e. The van der Waals surface area contributed by atoms with Crippen LogP contribution in [0.25, 0.3) is 0 Å². The van der Waals surface area contributed by atoms with Crippen LogP contribution in [0.4, 0.5) is 0 Å². The van der Waals surface area contributed by atoms with Gasteiger partial charge in [0, 0.05) is 20.3 Å². The van der Waals surface area contributed by atoms with Gasteiger partial charge in [-0.05, 0) is 37.4 Å². The van der Waals surface area contributed by atoms with Gasteiger partial charge in [0.05, 0.1) is 0 Å². The smallest absolute Gasteiger partial charge is 0.125 e. The fourth-order valence-electron chi connectivity index (χ4n) is 2.11. The van der Waals surface area contributed by atoms with Gasteiger partial charge in [-0.2, -0.15) is 0 Å². The fourth-order valence-corrected chi connectivity index (χ4v) is 2.11. The van der Waals surface area contributed by atoms with E-state index in [1.54, 1.807) is 7.11 Å². The molecule has 0 radical (unpaired) electrons. The number of aliphatic hydroxyl groups excluding tert-OH is 1. The first kappa shape index (κ1) is 17.0. The second-order valence-corrected chi connectivity index (χ2v) is 5.40. The predicted octanol–water partition coefficient (Wildman–Crippen LogP) is 1.92. The molecule has 0 aliphatic carbocycles. The van der Waals surface area contributed by atoms with Gasteiger partial charge in [0.15, 0.2) is 0 Å². The highest BCUT2D eigenvalue weighted by molar-refractivity contribution is 5.39. The quantitative estimate of drug-likeness (QED) is 0.726. The number of hydrogen-bond donors (Lipinski definition) is 2. The molecule has 0 amide bonds. The van der Waals surface area contributed by atoms with E-state index in [0.717, 1.165) is 30.0 Å². The molecular formula is C16H27NO3. The zero-order valence-electron chi connectivity index (χ0n) is 13.0. The van der Waals surface area contributed by atoms with Gasteiger partial charge in [0.1, 0.15) is 18.5 Å². The molecule has 0 fully saturated rings. The topological polar surface area (TPSA) is 50.7 Å². The van der Waals surface area contributed by atoms with Crippen LogP contribution in [-0.4, -0.2) is 44.6 Å². The SMILES string of the molecule is COCC(C)CNCC(O)COc1c(C)cccc1C. The normalized spacial score (nSPS) is 14.1. The number of benzene rings is 1. The molecule has 114 valence electrons. The molecular weight excluding hydrogens is 254 g/mol. The molecule has 0 heterocycles. The molecule has 4 heteroatoms. The van der Waals surface area contributed by atoms with E-state index in [2.05, 4.69) is 12.2 Å². The second-order valence-electron chi connectivity index (χ2n) is 5.40. The first-order chi connectivity index (χ1) is 9.54. The zero-order chi connectivity index (χ0) is 15.0. The molecule has 2 unspecified atom stereocenters. The van der Waals surface area contributed by atoms with Gasteiger partial charge < -0.3 is 19.9 Å². The number of rotatable bonds is 9. The highest BCUT2D eigenvalue weighted by Crippen LogP contribution is 2.22. The molecule has 1 rings (SSSR count). The number of para-hydroxylation sites is 1. The third-order valence-electron chi connectivity index (χ3n) is 3.15. The summed E-state index contributed by atoms with van der Waals surface area (Å²) < 4.78 is 10.8. The van der Waals surface area contributed by atoms with E-state index in [0.29, 0.717) is 19.1 Å². The van der Waals surface area contributed by atoms with Gasteiger partial charge in [-0.25, -0.2) is 0 Å². The van der Waals surface area contributed by atoms with Crippen LogP contribution in [0.1, 0.15) is 18.1 Å². The van der Waals surface area contributed by atoms with Crippen LogP contribution >= 0.6 is 0 Å². The molecule has 0 bridgehead atoms. The lowest BCUT2D eigenvalue weighted by Crippen LogP contribution is -2.34. The Morgan fingerprint density at radius 1 is 1.15 bits per heavy atom. The predicted molar refractivity (Wildman–Crippen MR) is 81.3 cm³/mol. The van der Waals surface area contributed by atoms with Gasteiger partial charge >= 0.3 is 0 Å². The number of aliphatic hydroxyl groups is 1. The third kappa shape index (κ3) is 5.90. The lowest BCUT2D eigenvalue weighted by molar-refractivity contribution is 0.102. The van der Waals surface area contributed by atoms with E-state index >= 15 is 0 Å². The first-order valence-corrected chi connectivity index (χ1v) is 7.11. The Hall–Kier alpha value is -1.10. The van der Waals surface area contributed by atoms with Gasteiger partial charge in [-0.3, -0.25) is 0 Å². The molecule has 0 saturated heterocycles. The molecule has 1 aromatic carbocycles. The van der Waals surface area contributed by atoms with Crippen molar-refractivity contribution in [1.29, 1.82) is 0 Å². The minimum Gasteiger partial charge on any atom is -0.490 e. The fraction of sp³-hybridized carbons (Fsp3) is 0.625. The van der Waals surface area contributed by atoms with Crippen molar-refractivity contribution in [2.45, 2.75) is 26.9 Å². The van der Waals surface area contributed by atoms with Crippen molar-refractivity contribution >= 4 is 0 Å². The van der Waals surface area contributed by atoms with Gasteiger partial charge in [0.2, 0.25) is 0 Å². The van der Waals surface area contributed by atoms with Gasteiger partial charge in [-0.1, -0.05) is 25.1 Å². The molecule has 0 saturated carbocycles. The van der Waals surface area contributed by atoms with Gasteiger partial charge in [-0.15, -0.1) is 0 Å². The van der Waals surface area contributed by atoms with Crippen LogP contribution in [0.15, 0.2) is 18.2 Å². The molecule has 20 heavy (non-hydrogen) atoms. The van der Waals surface area contributed by atoms with E-state index in [9.17, 15) is 5.11 Å². The number of hydrogen-bond acceptors (Lipinski definition) is 4. The maximum Gasteiger partial charge on any atom is 0.125 e. The molecule has 0 aliphatic heterocycles. The van der Waals surface area contributed by atoms with Crippen LogP contribution in [0.2, 0.25) is 0 Å². The summed E-state index contributed by atoms with van der Waals surface area (Å²) in [6, 6.07) is 6.03. The zero-order valence-corrected chi connectivity index (χ0v) is 13.0. The molecule has 4 nitrogen and oxygen atoms in total. The highest BCUT2D eigenvalue weighted by atomic mass is 16.5. The number of ether oxygens (including phenoxy) is 2. The maximum absolute atomic E-state index is 9.92. The Labute approximate surface area is 122 Å². The molecule has 0 aromatic heterocycles. The van der Waals surface area contributed by atoms with Crippen molar-refractivity contribution in [2.75, 3.05) is 33.4 Å². The Morgan fingerprint density at radius 2 is 1.80 bits per heavy atom. The summed E-state index contributed by atoms with van der Waals surface area (Å²) in [6.07, 6.45) is -0.510. The molecule has 2 atom stereocenters. The van der Waals surface area contributed by atoms with E-state index in [-0.39, 0.29) is 0 Å². The molecule has 0 aliphatic rings. The summed E-state index contributed by atoms with van der Waals surface area (Å²) in [4.78, 5) is 0. The Bertz CT molecular complexity index is 375. The average molecular weight is 281 g/mol. The van der Waals surface area contributed by atoms with Crippen molar-refractivity contribution < 1.29 is 14.6 Å². The second kappa shape index (κ2) is 8.95. The van der Waals surface area contributed by atoms with E-state index < -0.39 is 6.10 Å². The Kier molecular flexibility index (Phi) is 7.59. The van der Waals surface area contributed by atoms with Crippen molar-refractivity contribution in [3.05, 3.63) is 29.3 Å². The summed E-state index contributed by atoms with van der Waals surface area (Å²) in [5, 5.41) is 13.1. The van der Waals surface area contributed by atoms with Crippen LogP contribution in [0.3, 0.4) is 0 Å². The summed E-state index contributed by atoms with van der Waals surface area (Å²) >= 11 is 0. The van der Waals surface area contributed by atoms with E-state index in [1.807, 2.05) is 32.0 Å². The van der Waals surface area contributed by atoms with Crippen molar-refractivity contribution in [2.24, 2.45) is 5.92 Å². The average Bonchev–Trinajstić information content (AvgIpc) is 2.38. The molecule has 0 spiro atoms. The first-order valence-electron chi connectivity index (χ1n) is 7.11. The Morgan fingerprint density at radius 3 is 2.40 bits per heavy atom. The van der Waals surface area contributed by atoms with Crippen LogP contribution < -0.4 is 10.1 Å². The van der Waals surface area contributed by atoms with Crippen LogP contribution in [0, 0.1) is 19.8 Å². The number of nitrogens with one attached hydrogen (secondary N) is 1. The van der Waals surface area contributed by atoms with Crippen LogP contribution in [-0.2, 0) is 4.74 Å². The number of methoxy groups -OCH3 is 1. The minimum atomic E-state index is -0.510. The maximum atomic E-state index is 9.92. The van der Waals surface area contributed by atoms with Crippen LogP contribution in [0.5, 0.6) is 5.75 Å². The number of aryl methyl sites for hydroxylation is 2. The summed E-state index contributed by atoms with van der Waals surface area (Å²) in [7, 11) is 1.70. The summed E-state index contributed by atoms with van der Waals surface area (Å²) in [6.45, 7) is 8.52. The minimum absolute atomic E-state index is 0.303. The van der Waals surface area contributed by atoms with Crippen molar-refractivity contribution in [3.63, 3.8) is 0 Å². The summed E-state index contributed by atoms with van der Waals surface area (Å²) in [5.74, 6) is 1.31. The van der Waals surface area contributed by atoms with Crippen molar-refractivity contribution in [1.82, 2.24) is 5.32 Å². The lowest BCUT2D eigenvalue weighted by Gasteiger charge is -2.17. The lowest BCUT2D eigenvalue weighted by atomic mass is 10.1. The Balaban J connectivity index is 2.28. The van der Waals surface area contributed by atoms with E-state index in [1.165, 1.54) is 0 Å². The molecule has 1 aromatic rings. The monoisotopic (exact) mass is 281 g/mol. The molecule has 2 N–H and O–H groups in total. The third-order valence-corrected chi connectivity index (χ3v) is 3.15. The van der Waals surface area contributed by atoms with Crippen molar-refractivity contribution in [3.8, 4) is 5.75 Å². The van der Waals surface area contributed by atoms with Gasteiger partial charge in [0.25, 0.3) is 0 Å². The van der Waals surface area contributed by atoms with E-state index in [4.69, 9.17) is 9.47 Å².